The minimum absolute atomic E-state index is 0.0131. The second kappa shape index (κ2) is 45.9. The molecule has 8 nitrogen and oxygen atoms in total. The molecule has 0 heterocycles. The highest BCUT2D eigenvalue weighted by atomic mass is 16.5. The van der Waals surface area contributed by atoms with Gasteiger partial charge in [-0.05, 0) is 77.2 Å². The maximum absolute atomic E-state index is 12.9. The van der Waals surface area contributed by atoms with Gasteiger partial charge in [0, 0.05) is 32.9 Å². The molecular weight excluding hydrogens is 715 g/mol. The Morgan fingerprint density at radius 1 is 0.386 bits per heavy atom. The summed E-state index contributed by atoms with van der Waals surface area (Å²) in [7, 11) is 0. The summed E-state index contributed by atoms with van der Waals surface area (Å²) in [6.45, 7) is 15.5. The van der Waals surface area contributed by atoms with Gasteiger partial charge in [0.25, 0.3) is 0 Å². The largest absolute Gasteiger partial charge is 0.465 e. The smallest absolute Gasteiger partial charge is 0.308 e. The molecule has 340 valence electrons. The van der Waals surface area contributed by atoms with E-state index in [4.69, 9.17) is 18.9 Å². The van der Waals surface area contributed by atoms with E-state index in [0.29, 0.717) is 39.6 Å². The molecule has 0 amide bonds. The zero-order valence-electron chi connectivity index (χ0n) is 38.5. The first-order valence-corrected chi connectivity index (χ1v) is 24.9. The van der Waals surface area contributed by atoms with Crippen molar-refractivity contribution in [2.24, 2.45) is 11.8 Å². The minimum atomic E-state index is 0.0131. The van der Waals surface area contributed by atoms with Crippen LogP contribution in [0.4, 0.5) is 0 Å². The van der Waals surface area contributed by atoms with Crippen molar-refractivity contribution in [1.29, 1.82) is 0 Å². The van der Waals surface area contributed by atoms with Gasteiger partial charge >= 0.3 is 11.9 Å². The van der Waals surface area contributed by atoms with Crippen LogP contribution in [0.2, 0.25) is 0 Å². The summed E-state index contributed by atoms with van der Waals surface area (Å²) in [5, 5.41) is 9.20. The highest BCUT2D eigenvalue weighted by molar-refractivity contribution is 5.72. The second-order valence-corrected chi connectivity index (χ2v) is 16.8. The van der Waals surface area contributed by atoms with E-state index >= 15 is 0 Å². The van der Waals surface area contributed by atoms with Gasteiger partial charge in [0.2, 0.25) is 0 Å². The molecule has 0 bridgehead atoms. The number of aliphatic hydroxyl groups is 1. The normalized spacial score (nSPS) is 12.7. The van der Waals surface area contributed by atoms with Crippen molar-refractivity contribution in [2.45, 2.75) is 227 Å². The topological polar surface area (TPSA) is 94.5 Å². The predicted molar refractivity (Wildman–Crippen MR) is 240 cm³/mol. The Balaban J connectivity index is 4.34. The summed E-state index contributed by atoms with van der Waals surface area (Å²) in [6.07, 6.45) is 34.9. The molecule has 0 saturated heterocycles. The summed E-state index contributed by atoms with van der Waals surface area (Å²) in [5.41, 5.74) is 0. The third-order valence-corrected chi connectivity index (χ3v) is 11.4. The van der Waals surface area contributed by atoms with E-state index < -0.39 is 0 Å². The van der Waals surface area contributed by atoms with Gasteiger partial charge in [-0.15, -0.1) is 0 Å². The van der Waals surface area contributed by atoms with E-state index in [1.807, 2.05) is 0 Å². The van der Waals surface area contributed by atoms with E-state index in [1.54, 1.807) is 0 Å². The Hall–Kier alpha value is -1.22. The maximum Gasteiger partial charge on any atom is 0.308 e. The SMILES string of the molecule is CCCCCCCCC(CCCCCC)C(=O)OCCCCOCCN(CCCCCO)CCOCCCCOC(=O)C(CCCCCC)CCCCCCCC. The van der Waals surface area contributed by atoms with E-state index in [2.05, 4.69) is 32.6 Å². The average Bonchev–Trinajstić information content (AvgIpc) is 3.21. The van der Waals surface area contributed by atoms with Crippen LogP contribution in [0.25, 0.3) is 0 Å². The number of ether oxygens (including phenoxy) is 4. The van der Waals surface area contributed by atoms with E-state index in [9.17, 15) is 14.7 Å². The number of esters is 2. The lowest BCUT2D eigenvalue weighted by Crippen LogP contribution is -2.32. The molecule has 0 spiro atoms. The Bertz CT molecular complexity index is 768. The monoisotopic (exact) mass is 812 g/mol. The number of carbonyl (C=O) groups excluding carboxylic acids is 2. The number of carbonyl (C=O) groups is 2. The Morgan fingerprint density at radius 2 is 0.719 bits per heavy atom. The fourth-order valence-corrected chi connectivity index (χ4v) is 7.48. The molecule has 57 heavy (non-hydrogen) atoms. The van der Waals surface area contributed by atoms with Crippen molar-refractivity contribution >= 4 is 11.9 Å². The highest BCUT2D eigenvalue weighted by Crippen LogP contribution is 2.22. The zero-order chi connectivity index (χ0) is 41.7. The number of nitrogens with zero attached hydrogens (tertiary/aromatic N) is 1. The molecule has 2 unspecified atom stereocenters. The summed E-state index contributed by atoms with van der Waals surface area (Å²) in [5.74, 6) is 0.144. The fraction of sp³-hybridized carbons (Fsp3) is 0.959. The third-order valence-electron chi connectivity index (χ3n) is 11.4. The van der Waals surface area contributed by atoms with Gasteiger partial charge in [0.1, 0.15) is 0 Å². The molecule has 0 saturated carbocycles. The van der Waals surface area contributed by atoms with Crippen LogP contribution in [0.3, 0.4) is 0 Å². The van der Waals surface area contributed by atoms with Crippen molar-refractivity contribution in [3.8, 4) is 0 Å². The Morgan fingerprint density at radius 3 is 1.11 bits per heavy atom. The van der Waals surface area contributed by atoms with Crippen LogP contribution in [0, 0.1) is 11.8 Å². The average molecular weight is 812 g/mol. The van der Waals surface area contributed by atoms with Crippen LogP contribution in [-0.2, 0) is 28.5 Å². The van der Waals surface area contributed by atoms with Crippen molar-refractivity contribution in [3.05, 3.63) is 0 Å². The van der Waals surface area contributed by atoms with Gasteiger partial charge in [-0.1, -0.05) is 156 Å². The van der Waals surface area contributed by atoms with Gasteiger partial charge in [-0.25, -0.2) is 0 Å². The molecule has 0 aromatic carbocycles. The van der Waals surface area contributed by atoms with Crippen molar-refractivity contribution in [1.82, 2.24) is 4.90 Å². The second-order valence-electron chi connectivity index (χ2n) is 16.8. The lowest BCUT2D eigenvalue weighted by Gasteiger charge is -2.22. The van der Waals surface area contributed by atoms with E-state index in [0.717, 1.165) is 116 Å². The maximum atomic E-state index is 12.9. The fourth-order valence-electron chi connectivity index (χ4n) is 7.48. The van der Waals surface area contributed by atoms with Gasteiger partial charge in [-0.2, -0.15) is 0 Å². The van der Waals surface area contributed by atoms with Crippen LogP contribution < -0.4 is 0 Å². The molecule has 8 heteroatoms. The third kappa shape index (κ3) is 38.7. The molecule has 0 aromatic rings. The summed E-state index contributed by atoms with van der Waals surface area (Å²) >= 11 is 0. The Kier molecular flexibility index (Phi) is 44.9. The molecule has 0 aromatic heterocycles. The van der Waals surface area contributed by atoms with Gasteiger partial charge in [0.15, 0.2) is 0 Å². The van der Waals surface area contributed by atoms with Crippen LogP contribution in [0.5, 0.6) is 0 Å². The molecular formula is C49H97NO7. The highest BCUT2D eigenvalue weighted by Gasteiger charge is 2.20. The number of unbranched alkanes of at least 4 members (excludes halogenated alkanes) is 20. The minimum Gasteiger partial charge on any atom is -0.465 e. The lowest BCUT2D eigenvalue weighted by atomic mass is 9.94. The number of aliphatic hydroxyl groups excluding tert-OH is 1. The van der Waals surface area contributed by atoms with Crippen molar-refractivity contribution in [2.75, 3.05) is 65.9 Å². The standard InChI is InChI=1S/C49H97NO7/c1-5-9-13-17-19-24-34-46(32-22-15-11-7-3)48(52)56-42-30-28-40-54-44-37-50(36-26-21-27-39-51)38-45-55-41-29-31-43-57-49(53)47(33-23-16-12-8-4)35-25-20-18-14-10-6-2/h46-47,51H,5-45H2,1-4H3. The quantitative estimate of drug-likeness (QED) is 0.0480. The molecule has 0 aliphatic rings. The Labute approximate surface area is 354 Å². The molecule has 1 N–H and O–H groups in total. The van der Waals surface area contributed by atoms with Crippen LogP contribution in [0.15, 0.2) is 0 Å². The molecule has 0 aliphatic heterocycles. The zero-order valence-corrected chi connectivity index (χ0v) is 38.5. The van der Waals surface area contributed by atoms with Gasteiger partial charge in [0.05, 0.1) is 38.3 Å². The first kappa shape index (κ1) is 55.8. The van der Waals surface area contributed by atoms with Crippen LogP contribution in [0.1, 0.15) is 227 Å². The summed E-state index contributed by atoms with van der Waals surface area (Å²) < 4.78 is 23.5. The number of hydrogen-bond donors (Lipinski definition) is 1. The molecule has 0 radical (unpaired) electrons. The van der Waals surface area contributed by atoms with E-state index in [1.165, 1.54) is 103 Å². The van der Waals surface area contributed by atoms with Crippen LogP contribution in [-0.4, -0.2) is 87.8 Å². The van der Waals surface area contributed by atoms with Crippen molar-refractivity contribution in [3.63, 3.8) is 0 Å². The van der Waals surface area contributed by atoms with Gasteiger partial charge in [-0.3, -0.25) is 14.5 Å². The van der Waals surface area contributed by atoms with Crippen molar-refractivity contribution < 1.29 is 33.6 Å². The number of rotatable bonds is 47. The molecule has 0 aliphatic carbocycles. The summed E-state index contributed by atoms with van der Waals surface area (Å²) in [4.78, 5) is 28.3. The first-order valence-electron chi connectivity index (χ1n) is 24.9. The van der Waals surface area contributed by atoms with Crippen LogP contribution >= 0.6 is 0 Å². The molecule has 0 rings (SSSR count). The molecule has 2 atom stereocenters. The first-order chi connectivity index (χ1) is 28.0. The lowest BCUT2D eigenvalue weighted by molar-refractivity contribution is -0.150. The molecule has 0 fully saturated rings. The number of hydrogen-bond acceptors (Lipinski definition) is 8. The summed E-state index contributed by atoms with van der Waals surface area (Å²) in [6, 6.07) is 0. The van der Waals surface area contributed by atoms with E-state index in [-0.39, 0.29) is 30.4 Å². The van der Waals surface area contributed by atoms with Gasteiger partial charge < -0.3 is 24.1 Å². The predicted octanol–water partition coefficient (Wildman–Crippen LogP) is 12.8.